The van der Waals surface area contributed by atoms with Crippen molar-refractivity contribution in [1.29, 1.82) is 0 Å². The van der Waals surface area contributed by atoms with Crippen LogP contribution in [0.15, 0.2) is 18.2 Å². The van der Waals surface area contributed by atoms with Crippen molar-refractivity contribution in [2.24, 2.45) is 0 Å². The highest BCUT2D eigenvalue weighted by Crippen LogP contribution is 2.29. The molecule has 100 valence electrons. The summed E-state index contributed by atoms with van der Waals surface area (Å²) in [5, 5.41) is 5.58. The highest BCUT2D eigenvalue weighted by atomic mass is 16.5. The maximum atomic E-state index is 11.2. The van der Waals surface area contributed by atoms with Crippen LogP contribution in [0.1, 0.15) is 13.8 Å². The molecule has 0 heterocycles. The number of carbonyl (C=O) groups excluding carboxylic acids is 1. The highest BCUT2D eigenvalue weighted by molar-refractivity contribution is 5.81. The van der Waals surface area contributed by atoms with Crippen molar-refractivity contribution in [1.82, 2.24) is 5.32 Å². The molecule has 1 aromatic carbocycles. The number of rotatable bonds is 7. The Morgan fingerprint density at radius 1 is 1.22 bits per heavy atom. The molecule has 0 aliphatic carbocycles. The molecule has 0 aromatic heterocycles. The largest absolute Gasteiger partial charge is 0.494 e. The van der Waals surface area contributed by atoms with Gasteiger partial charge in [-0.2, -0.15) is 0 Å². The Labute approximate surface area is 107 Å². The molecule has 1 aromatic rings. The van der Waals surface area contributed by atoms with Gasteiger partial charge in [0, 0.05) is 13.1 Å². The average Bonchev–Trinajstić information content (AvgIpc) is 2.39. The Bertz CT molecular complexity index is 394. The van der Waals surface area contributed by atoms with Crippen LogP contribution in [0, 0.1) is 0 Å². The fourth-order valence-corrected chi connectivity index (χ4v) is 1.45. The van der Waals surface area contributed by atoms with Gasteiger partial charge in [-0.3, -0.25) is 4.79 Å². The van der Waals surface area contributed by atoms with Gasteiger partial charge < -0.3 is 20.1 Å². The topological polar surface area (TPSA) is 59.6 Å². The molecule has 18 heavy (non-hydrogen) atoms. The van der Waals surface area contributed by atoms with Gasteiger partial charge in [0.15, 0.2) is 0 Å². The van der Waals surface area contributed by atoms with Crippen molar-refractivity contribution in [2.75, 3.05) is 32.1 Å². The molecule has 0 aliphatic rings. The van der Waals surface area contributed by atoms with Gasteiger partial charge in [0.05, 0.1) is 25.4 Å². The Morgan fingerprint density at radius 2 is 1.94 bits per heavy atom. The minimum Gasteiger partial charge on any atom is -0.494 e. The number of anilines is 1. The molecule has 0 radical (unpaired) electrons. The minimum atomic E-state index is -0.0840. The summed E-state index contributed by atoms with van der Waals surface area (Å²) in [6, 6.07) is 5.51. The third kappa shape index (κ3) is 4.16. The summed E-state index contributed by atoms with van der Waals surface area (Å²) in [4.78, 5) is 11.2. The number of amides is 1. The molecule has 0 saturated carbocycles. The third-order valence-corrected chi connectivity index (χ3v) is 2.28. The molecule has 2 N–H and O–H groups in total. The predicted molar refractivity (Wildman–Crippen MR) is 71.3 cm³/mol. The fourth-order valence-electron chi connectivity index (χ4n) is 1.45. The maximum absolute atomic E-state index is 11.2. The van der Waals surface area contributed by atoms with Gasteiger partial charge in [0.25, 0.3) is 0 Å². The second-order valence-corrected chi connectivity index (χ2v) is 3.55. The minimum absolute atomic E-state index is 0.0840. The van der Waals surface area contributed by atoms with Crippen LogP contribution in [0.2, 0.25) is 0 Å². The van der Waals surface area contributed by atoms with Crippen LogP contribution in [0.3, 0.4) is 0 Å². The molecule has 5 nitrogen and oxygen atoms in total. The molecule has 0 unspecified atom stereocenters. The lowest BCUT2D eigenvalue weighted by atomic mass is 10.2. The first-order chi connectivity index (χ1) is 8.71. The standard InChI is InChI=1S/C13H20N2O3/c1-4-17-10-6-7-12(18-5-2)11(8-10)15-9-13(16)14-3/h6-8,15H,4-5,9H2,1-3H3,(H,14,16). The summed E-state index contributed by atoms with van der Waals surface area (Å²) in [5.41, 5.74) is 0.756. The number of hydrogen-bond donors (Lipinski definition) is 2. The zero-order chi connectivity index (χ0) is 13.4. The lowest BCUT2D eigenvalue weighted by molar-refractivity contribution is -0.118. The lowest BCUT2D eigenvalue weighted by Gasteiger charge is -2.13. The van der Waals surface area contributed by atoms with Crippen molar-refractivity contribution < 1.29 is 14.3 Å². The molecule has 1 amide bonds. The van der Waals surface area contributed by atoms with Gasteiger partial charge in [-0.1, -0.05) is 0 Å². The predicted octanol–water partition coefficient (Wildman–Crippen LogP) is 1.64. The summed E-state index contributed by atoms with van der Waals surface area (Å²) in [6.45, 7) is 5.21. The summed E-state index contributed by atoms with van der Waals surface area (Å²) < 4.78 is 10.9. The SMILES string of the molecule is CCOc1ccc(OCC)c(NCC(=O)NC)c1. The normalized spacial score (nSPS) is 9.72. The molecule has 0 atom stereocenters. The lowest BCUT2D eigenvalue weighted by Crippen LogP contribution is -2.26. The fraction of sp³-hybridized carbons (Fsp3) is 0.462. The van der Waals surface area contributed by atoms with Crippen molar-refractivity contribution in [3.8, 4) is 11.5 Å². The van der Waals surface area contributed by atoms with E-state index >= 15 is 0 Å². The first-order valence-corrected chi connectivity index (χ1v) is 6.05. The molecule has 0 saturated heterocycles. The highest BCUT2D eigenvalue weighted by Gasteiger charge is 2.07. The molecule has 0 fully saturated rings. The molecular formula is C13H20N2O3. The van der Waals surface area contributed by atoms with E-state index in [-0.39, 0.29) is 12.5 Å². The van der Waals surface area contributed by atoms with Crippen molar-refractivity contribution in [3.63, 3.8) is 0 Å². The van der Waals surface area contributed by atoms with E-state index in [1.807, 2.05) is 32.0 Å². The van der Waals surface area contributed by atoms with Gasteiger partial charge in [0.2, 0.25) is 5.91 Å². The number of ether oxygens (including phenoxy) is 2. The second-order valence-electron chi connectivity index (χ2n) is 3.55. The van der Waals surface area contributed by atoms with E-state index in [0.29, 0.717) is 19.0 Å². The van der Waals surface area contributed by atoms with E-state index in [2.05, 4.69) is 10.6 Å². The van der Waals surface area contributed by atoms with Crippen LogP contribution >= 0.6 is 0 Å². The average molecular weight is 252 g/mol. The second kappa shape index (κ2) is 7.42. The molecule has 0 bridgehead atoms. The smallest absolute Gasteiger partial charge is 0.239 e. The summed E-state index contributed by atoms with van der Waals surface area (Å²) in [5.74, 6) is 1.38. The van der Waals surface area contributed by atoms with Crippen molar-refractivity contribution in [2.45, 2.75) is 13.8 Å². The van der Waals surface area contributed by atoms with Crippen LogP contribution in [0.4, 0.5) is 5.69 Å². The van der Waals surface area contributed by atoms with Gasteiger partial charge in [-0.15, -0.1) is 0 Å². The zero-order valence-electron chi connectivity index (χ0n) is 11.1. The monoisotopic (exact) mass is 252 g/mol. The van der Waals surface area contributed by atoms with Crippen molar-refractivity contribution in [3.05, 3.63) is 18.2 Å². The number of benzene rings is 1. The molecule has 5 heteroatoms. The summed E-state index contributed by atoms with van der Waals surface area (Å²) >= 11 is 0. The van der Waals surface area contributed by atoms with E-state index in [1.165, 1.54) is 0 Å². The Hall–Kier alpha value is -1.91. The molecule has 0 spiro atoms. The van der Waals surface area contributed by atoms with E-state index < -0.39 is 0 Å². The summed E-state index contributed by atoms with van der Waals surface area (Å²) in [6.07, 6.45) is 0. The Kier molecular flexibility index (Phi) is 5.84. The Morgan fingerprint density at radius 3 is 2.56 bits per heavy atom. The quantitative estimate of drug-likeness (QED) is 0.774. The van der Waals surface area contributed by atoms with Crippen LogP contribution in [-0.2, 0) is 4.79 Å². The molecular weight excluding hydrogens is 232 g/mol. The summed E-state index contributed by atoms with van der Waals surface area (Å²) in [7, 11) is 1.60. The van der Waals surface area contributed by atoms with Gasteiger partial charge in [0.1, 0.15) is 11.5 Å². The van der Waals surface area contributed by atoms with E-state index in [4.69, 9.17) is 9.47 Å². The van der Waals surface area contributed by atoms with E-state index in [1.54, 1.807) is 7.05 Å². The van der Waals surface area contributed by atoms with Crippen LogP contribution in [-0.4, -0.2) is 32.7 Å². The van der Waals surface area contributed by atoms with Gasteiger partial charge in [-0.05, 0) is 26.0 Å². The van der Waals surface area contributed by atoms with Crippen LogP contribution in [0.25, 0.3) is 0 Å². The van der Waals surface area contributed by atoms with Gasteiger partial charge in [-0.25, -0.2) is 0 Å². The van der Waals surface area contributed by atoms with Gasteiger partial charge >= 0.3 is 0 Å². The van der Waals surface area contributed by atoms with Crippen LogP contribution in [0.5, 0.6) is 11.5 Å². The number of carbonyl (C=O) groups is 1. The molecule has 0 aliphatic heterocycles. The number of likely N-dealkylation sites (N-methyl/N-ethyl adjacent to an activating group) is 1. The Balaban J connectivity index is 2.81. The van der Waals surface area contributed by atoms with Crippen molar-refractivity contribution >= 4 is 11.6 Å². The number of hydrogen-bond acceptors (Lipinski definition) is 4. The first kappa shape index (κ1) is 14.2. The third-order valence-electron chi connectivity index (χ3n) is 2.28. The van der Waals surface area contributed by atoms with E-state index in [9.17, 15) is 4.79 Å². The first-order valence-electron chi connectivity index (χ1n) is 6.05. The maximum Gasteiger partial charge on any atom is 0.239 e. The van der Waals surface area contributed by atoms with Crippen LogP contribution < -0.4 is 20.1 Å². The number of nitrogens with one attached hydrogen (secondary N) is 2. The molecule has 1 rings (SSSR count). The van der Waals surface area contributed by atoms with E-state index in [0.717, 1.165) is 11.4 Å². The zero-order valence-corrected chi connectivity index (χ0v) is 11.1.